The molecule has 2 atom stereocenters. The molecule has 0 aromatic carbocycles. The highest BCUT2D eigenvalue weighted by Crippen LogP contribution is 2.24. The summed E-state index contributed by atoms with van der Waals surface area (Å²) in [5, 5.41) is 3.65. The van der Waals surface area contributed by atoms with Crippen molar-refractivity contribution in [2.24, 2.45) is 5.92 Å². The van der Waals surface area contributed by atoms with Crippen molar-refractivity contribution in [1.82, 2.24) is 15.3 Å². The van der Waals surface area contributed by atoms with Crippen molar-refractivity contribution in [3.8, 4) is 0 Å². The van der Waals surface area contributed by atoms with Gasteiger partial charge in [-0.1, -0.05) is 13.3 Å². The third-order valence-corrected chi connectivity index (χ3v) is 3.41. The number of aromatic amines is 1. The van der Waals surface area contributed by atoms with Gasteiger partial charge in [0.05, 0.1) is 0 Å². The Morgan fingerprint density at radius 3 is 3.13 bits per heavy atom. The van der Waals surface area contributed by atoms with Crippen LogP contribution in [-0.4, -0.2) is 22.6 Å². The van der Waals surface area contributed by atoms with Crippen LogP contribution in [-0.2, 0) is 6.42 Å². The third kappa shape index (κ3) is 3.06. The first-order chi connectivity index (χ1) is 7.36. The molecular weight excluding hydrogens is 186 g/mol. The lowest BCUT2D eigenvalue weighted by atomic mass is 10.1. The van der Waals surface area contributed by atoms with Gasteiger partial charge in [-0.25, -0.2) is 4.98 Å². The fourth-order valence-corrected chi connectivity index (χ4v) is 2.43. The summed E-state index contributed by atoms with van der Waals surface area (Å²) in [5.74, 6) is 1.98. The fourth-order valence-electron chi connectivity index (χ4n) is 2.43. The van der Waals surface area contributed by atoms with Crippen LogP contribution in [0.1, 0.15) is 38.4 Å². The fraction of sp³-hybridized carbons (Fsp3) is 0.750. The highest BCUT2D eigenvalue weighted by Gasteiger charge is 2.21. The molecule has 0 amide bonds. The Morgan fingerprint density at radius 1 is 1.53 bits per heavy atom. The second-order valence-corrected chi connectivity index (χ2v) is 4.61. The zero-order valence-corrected chi connectivity index (χ0v) is 9.50. The van der Waals surface area contributed by atoms with E-state index in [1.807, 2.05) is 12.4 Å². The highest BCUT2D eigenvalue weighted by atomic mass is 14.9. The quantitative estimate of drug-likeness (QED) is 0.726. The minimum absolute atomic E-state index is 0.765. The molecule has 1 heterocycles. The van der Waals surface area contributed by atoms with E-state index in [2.05, 4.69) is 22.2 Å². The average molecular weight is 207 g/mol. The van der Waals surface area contributed by atoms with Gasteiger partial charge in [-0.3, -0.25) is 0 Å². The van der Waals surface area contributed by atoms with Crippen molar-refractivity contribution in [3.63, 3.8) is 0 Å². The van der Waals surface area contributed by atoms with Gasteiger partial charge in [0.1, 0.15) is 5.82 Å². The molecule has 1 saturated carbocycles. The van der Waals surface area contributed by atoms with Gasteiger partial charge in [-0.2, -0.15) is 0 Å². The zero-order chi connectivity index (χ0) is 10.5. The lowest BCUT2D eigenvalue weighted by Gasteiger charge is -2.16. The number of hydrogen-bond acceptors (Lipinski definition) is 2. The van der Waals surface area contributed by atoms with Crippen LogP contribution in [0.2, 0.25) is 0 Å². The van der Waals surface area contributed by atoms with Gasteiger partial charge in [0.2, 0.25) is 0 Å². The van der Waals surface area contributed by atoms with Crippen LogP contribution in [0.4, 0.5) is 0 Å². The number of aryl methyl sites for hydroxylation is 1. The van der Waals surface area contributed by atoms with E-state index in [1.165, 1.54) is 25.7 Å². The summed E-state index contributed by atoms with van der Waals surface area (Å²) in [7, 11) is 0. The molecule has 0 spiro atoms. The highest BCUT2D eigenvalue weighted by molar-refractivity contribution is 4.87. The molecule has 2 unspecified atom stereocenters. The minimum atomic E-state index is 0.765. The molecule has 1 aromatic rings. The monoisotopic (exact) mass is 207 g/mol. The zero-order valence-electron chi connectivity index (χ0n) is 9.50. The predicted octanol–water partition coefficient (Wildman–Crippen LogP) is 2.12. The van der Waals surface area contributed by atoms with Crippen molar-refractivity contribution in [2.45, 2.75) is 45.1 Å². The normalized spacial score (nSPS) is 25.9. The molecule has 0 radical (unpaired) electrons. The standard InChI is InChI=1S/C12H21N3/c1-10-4-2-5-11(10)13-7-3-6-12-14-8-9-15-12/h8-11,13H,2-7H2,1H3,(H,14,15). The number of imidazole rings is 1. The summed E-state index contributed by atoms with van der Waals surface area (Å²) in [6, 6.07) is 0.765. The minimum Gasteiger partial charge on any atom is -0.349 e. The molecule has 0 aliphatic heterocycles. The Kier molecular flexibility index (Phi) is 3.78. The number of H-pyrrole nitrogens is 1. The van der Waals surface area contributed by atoms with Crippen LogP contribution in [0.3, 0.4) is 0 Å². The van der Waals surface area contributed by atoms with Crippen molar-refractivity contribution in [1.29, 1.82) is 0 Å². The predicted molar refractivity (Wildman–Crippen MR) is 61.7 cm³/mol. The first kappa shape index (κ1) is 10.7. The smallest absolute Gasteiger partial charge is 0.106 e. The van der Waals surface area contributed by atoms with Crippen LogP contribution < -0.4 is 5.32 Å². The Bertz CT molecular complexity index is 268. The number of aromatic nitrogens is 2. The molecule has 84 valence electrons. The Hall–Kier alpha value is -0.830. The first-order valence-corrected chi connectivity index (χ1v) is 6.08. The van der Waals surface area contributed by atoms with Crippen LogP contribution >= 0.6 is 0 Å². The van der Waals surface area contributed by atoms with E-state index in [0.29, 0.717) is 0 Å². The lowest BCUT2D eigenvalue weighted by molar-refractivity contribution is 0.423. The SMILES string of the molecule is CC1CCCC1NCCCc1ncc[nH]1. The number of hydrogen-bond donors (Lipinski definition) is 2. The second kappa shape index (κ2) is 5.31. The summed E-state index contributed by atoms with van der Waals surface area (Å²) in [6.45, 7) is 3.48. The number of nitrogens with zero attached hydrogens (tertiary/aromatic N) is 1. The molecule has 1 aliphatic carbocycles. The largest absolute Gasteiger partial charge is 0.349 e. The van der Waals surface area contributed by atoms with Crippen molar-refractivity contribution >= 4 is 0 Å². The molecule has 2 rings (SSSR count). The van der Waals surface area contributed by atoms with E-state index in [4.69, 9.17) is 0 Å². The second-order valence-electron chi connectivity index (χ2n) is 4.61. The van der Waals surface area contributed by atoms with Crippen LogP contribution in [0, 0.1) is 5.92 Å². The Balaban J connectivity index is 1.59. The third-order valence-electron chi connectivity index (χ3n) is 3.41. The van der Waals surface area contributed by atoms with E-state index < -0.39 is 0 Å². The van der Waals surface area contributed by atoms with Crippen molar-refractivity contribution in [3.05, 3.63) is 18.2 Å². The summed E-state index contributed by atoms with van der Waals surface area (Å²) in [4.78, 5) is 7.35. The van der Waals surface area contributed by atoms with E-state index in [1.54, 1.807) is 0 Å². The molecule has 3 nitrogen and oxygen atoms in total. The molecule has 1 aromatic heterocycles. The maximum Gasteiger partial charge on any atom is 0.106 e. The lowest BCUT2D eigenvalue weighted by Crippen LogP contribution is -2.32. The first-order valence-electron chi connectivity index (χ1n) is 6.08. The molecule has 2 N–H and O–H groups in total. The molecule has 0 bridgehead atoms. The van der Waals surface area contributed by atoms with Gasteiger partial charge < -0.3 is 10.3 Å². The Morgan fingerprint density at radius 2 is 2.47 bits per heavy atom. The number of rotatable bonds is 5. The van der Waals surface area contributed by atoms with Crippen LogP contribution in [0.5, 0.6) is 0 Å². The van der Waals surface area contributed by atoms with Gasteiger partial charge in [0, 0.05) is 24.9 Å². The van der Waals surface area contributed by atoms with Crippen LogP contribution in [0.15, 0.2) is 12.4 Å². The number of nitrogens with one attached hydrogen (secondary N) is 2. The van der Waals surface area contributed by atoms with E-state index in [-0.39, 0.29) is 0 Å². The topological polar surface area (TPSA) is 40.7 Å². The van der Waals surface area contributed by atoms with Crippen molar-refractivity contribution in [2.75, 3.05) is 6.54 Å². The van der Waals surface area contributed by atoms with Gasteiger partial charge >= 0.3 is 0 Å². The van der Waals surface area contributed by atoms with Gasteiger partial charge in [-0.05, 0) is 31.7 Å². The maximum absolute atomic E-state index is 4.22. The summed E-state index contributed by atoms with van der Waals surface area (Å²) in [6.07, 6.45) is 10.1. The van der Waals surface area contributed by atoms with Gasteiger partial charge in [0.15, 0.2) is 0 Å². The molecule has 15 heavy (non-hydrogen) atoms. The average Bonchev–Trinajstić information content (AvgIpc) is 2.85. The molecule has 1 fully saturated rings. The van der Waals surface area contributed by atoms with Crippen LogP contribution in [0.25, 0.3) is 0 Å². The van der Waals surface area contributed by atoms with Gasteiger partial charge in [-0.15, -0.1) is 0 Å². The Labute approximate surface area is 91.7 Å². The molecular formula is C12H21N3. The molecule has 3 heteroatoms. The molecule has 1 aliphatic rings. The van der Waals surface area contributed by atoms with E-state index >= 15 is 0 Å². The van der Waals surface area contributed by atoms with E-state index in [9.17, 15) is 0 Å². The summed E-state index contributed by atoms with van der Waals surface area (Å²) < 4.78 is 0. The molecule has 0 saturated heterocycles. The van der Waals surface area contributed by atoms with Crippen molar-refractivity contribution < 1.29 is 0 Å². The summed E-state index contributed by atoms with van der Waals surface area (Å²) in [5.41, 5.74) is 0. The maximum atomic E-state index is 4.22. The summed E-state index contributed by atoms with van der Waals surface area (Å²) >= 11 is 0. The van der Waals surface area contributed by atoms with E-state index in [0.717, 1.165) is 30.7 Å². The van der Waals surface area contributed by atoms with Gasteiger partial charge in [0.25, 0.3) is 0 Å².